The van der Waals surface area contributed by atoms with Crippen molar-refractivity contribution in [1.29, 1.82) is 0 Å². The predicted molar refractivity (Wildman–Crippen MR) is 87.1 cm³/mol. The Bertz CT molecular complexity index is 691. The van der Waals surface area contributed by atoms with Gasteiger partial charge in [-0.1, -0.05) is 0 Å². The summed E-state index contributed by atoms with van der Waals surface area (Å²) in [6, 6.07) is 3.45. The molecule has 1 unspecified atom stereocenters. The molecular formula is C17H22FN2O4. The number of hydrogen-bond acceptors (Lipinski definition) is 6. The van der Waals surface area contributed by atoms with Gasteiger partial charge in [0.15, 0.2) is 22.7 Å². The zero-order valence-electron chi connectivity index (χ0n) is 13.9. The van der Waals surface area contributed by atoms with Gasteiger partial charge in [0.25, 0.3) is 0 Å². The fourth-order valence-electron chi connectivity index (χ4n) is 2.87. The standard InChI is InChI=1S/C17H22FN2O4/c1-11-19-17-15(6-14(22-2)7-16(17)24-11)23-10-13(21)9-20-5-3-4-12(18)8-20/h4,6-7,12-13,21H,3,5,8-10H2,1-2H3/t12?,13-/m0/s1. The molecule has 0 spiro atoms. The molecule has 2 aromatic rings. The molecule has 1 saturated heterocycles. The van der Waals surface area contributed by atoms with E-state index in [0.717, 1.165) is 6.54 Å². The molecule has 1 aliphatic rings. The molecule has 2 atom stereocenters. The second-order valence-electron chi connectivity index (χ2n) is 5.97. The number of aryl methyl sites for hydroxylation is 1. The number of aliphatic hydroxyl groups excluding tert-OH is 1. The summed E-state index contributed by atoms with van der Waals surface area (Å²) >= 11 is 0. The van der Waals surface area contributed by atoms with Crippen LogP contribution in [-0.4, -0.2) is 60.6 Å². The number of rotatable bonds is 6. The van der Waals surface area contributed by atoms with E-state index in [0.29, 0.717) is 48.0 Å². The number of halogens is 1. The van der Waals surface area contributed by atoms with E-state index in [2.05, 4.69) is 4.98 Å². The number of hydrogen-bond donors (Lipinski definition) is 1. The lowest BCUT2D eigenvalue weighted by Gasteiger charge is -2.30. The fraction of sp³-hybridized carbons (Fsp3) is 0.529. The van der Waals surface area contributed by atoms with Gasteiger partial charge in [-0.3, -0.25) is 4.90 Å². The lowest BCUT2D eigenvalue weighted by molar-refractivity contribution is 0.0550. The second-order valence-corrected chi connectivity index (χ2v) is 5.97. The van der Waals surface area contributed by atoms with Crippen molar-refractivity contribution in [2.45, 2.75) is 25.6 Å². The van der Waals surface area contributed by atoms with Crippen molar-refractivity contribution in [3.63, 3.8) is 0 Å². The van der Waals surface area contributed by atoms with Crippen LogP contribution in [0.4, 0.5) is 4.39 Å². The van der Waals surface area contributed by atoms with E-state index < -0.39 is 12.3 Å². The lowest BCUT2D eigenvalue weighted by atomic mass is 10.1. The summed E-state index contributed by atoms with van der Waals surface area (Å²) in [7, 11) is 1.56. The molecule has 6 nitrogen and oxygen atoms in total. The summed E-state index contributed by atoms with van der Waals surface area (Å²) in [6.07, 6.45) is 0.718. The Morgan fingerprint density at radius 1 is 1.50 bits per heavy atom. The van der Waals surface area contributed by atoms with Crippen LogP contribution in [0.15, 0.2) is 16.5 Å². The monoisotopic (exact) mass is 337 g/mol. The molecule has 0 amide bonds. The van der Waals surface area contributed by atoms with Crippen molar-refractivity contribution in [3.05, 3.63) is 24.4 Å². The number of likely N-dealkylation sites (tertiary alicyclic amines) is 1. The molecule has 1 aromatic carbocycles. The molecule has 131 valence electrons. The van der Waals surface area contributed by atoms with Gasteiger partial charge in [-0.15, -0.1) is 0 Å². The maximum atomic E-state index is 13.4. The minimum atomic E-state index is -0.928. The van der Waals surface area contributed by atoms with Gasteiger partial charge in [-0.25, -0.2) is 9.37 Å². The summed E-state index contributed by atoms with van der Waals surface area (Å²) in [6.45, 7) is 3.29. The van der Waals surface area contributed by atoms with Gasteiger partial charge < -0.3 is 19.0 Å². The number of benzene rings is 1. The highest BCUT2D eigenvalue weighted by molar-refractivity contribution is 5.81. The first kappa shape index (κ1) is 17.0. The molecule has 7 heteroatoms. The van der Waals surface area contributed by atoms with Crippen LogP contribution in [0, 0.1) is 13.3 Å². The molecule has 3 rings (SSSR count). The molecule has 1 radical (unpaired) electrons. The van der Waals surface area contributed by atoms with Crippen LogP contribution in [0.25, 0.3) is 11.1 Å². The highest BCUT2D eigenvalue weighted by atomic mass is 19.1. The number of fused-ring (bicyclic) bond motifs is 1. The third-order valence-corrected chi connectivity index (χ3v) is 3.98. The second kappa shape index (κ2) is 7.36. The Kier molecular flexibility index (Phi) is 5.20. The van der Waals surface area contributed by atoms with Crippen molar-refractivity contribution in [3.8, 4) is 11.5 Å². The normalized spacial score (nSPS) is 20.2. The quantitative estimate of drug-likeness (QED) is 0.871. The van der Waals surface area contributed by atoms with Crippen LogP contribution in [0.1, 0.15) is 12.3 Å². The number of ether oxygens (including phenoxy) is 2. The number of methoxy groups -OCH3 is 1. The van der Waals surface area contributed by atoms with Crippen LogP contribution < -0.4 is 9.47 Å². The number of aliphatic hydroxyl groups is 1. The first-order valence-electron chi connectivity index (χ1n) is 8.01. The van der Waals surface area contributed by atoms with Gasteiger partial charge in [0.1, 0.15) is 24.6 Å². The first-order chi connectivity index (χ1) is 11.5. The van der Waals surface area contributed by atoms with Gasteiger partial charge in [0.2, 0.25) is 0 Å². The largest absolute Gasteiger partial charge is 0.496 e. The maximum absolute atomic E-state index is 13.4. The van der Waals surface area contributed by atoms with Gasteiger partial charge in [0.05, 0.1) is 7.11 Å². The third-order valence-electron chi connectivity index (χ3n) is 3.98. The van der Waals surface area contributed by atoms with Crippen LogP contribution in [0.5, 0.6) is 11.5 Å². The average molecular weight is 337 g/mol. The molecule has 1 aromatic heterocycles. The summed E-state index contributed by atoms with van der Waals surface area (Å²) < 4.78 is 29.8. The van der Waals surface area contributed by atoms with E-state index in [1.54, 1.807) is 32.6 Å². The smallest absolute Gasteiger partial charge is 0.192 e. The van der Waals surface area contributed by atoms with Crippen molar-refractivity contribution in [2.24, 2.45) is 0 Å². The van der Waals surface area contributed by atoms with Gasteiger partial charge in [0, 0.05) is 32.1 Å². The summed E-state index contributed by atoms with van der Waals surface area (Å²) in [4.78, 5) is 6.20. The zero-order chi connectivity index (χ0) is 17.1. The molecular weight excluding hydrogens is 315 g/mol. The predicted octanol–water partition coefficient (Wildman–Crippen LogP) is 2.13. The SMILES string of the molecule is COc1cc(OC[C@@H](O)CN2CC[CH]C(F)C2)c2nc(C)oc2c1. The highest BCUT2D eigenvalue weighted by Gasteiger charge is 2.22. The van der Waals surface area contributed by atoms with E-state index in [1.165, 1.54) is 0 Å². The molecule has 0 aliphatic carbocycles. The van der Waals surface area contributed by atoms with Gasteiger partial charge >= 0.3 is 0 Å². The van der Waals surface area contributed by atoms with E-state index in [9.17, 15) is 9.50 Å². The van der Waals surface area contributed by atoms with E-state index in [1.807, 2.05) is 4.90 Å². The fourth-order valence-corrected chi connectivity index (χ4v) is 2.87. The third kappa shape index (κ3) is 3.96. The van der Waals surface area contributed by atoms with Crippen molar-refractivity contribution in [2.75, 3.05) is 33.4 Å². The van der Waals surface area contributed by atoms with E-state index >= 15 is 0 Å². The molecule has 1 N–H and O–H groups in total. The highest BCUT2D eigenvalue weighted by Crippen LogP contribution is 2.31. The Morgan fingerprint density at radius 2 is 2.33 bits per heavy atom. The Labute approximate surface area is 140 Å². The Hall–Kier alpha value is -1.86. The molecule has 0 bridgehead atoms. The first-order valence-corrected chi connectivity index (χ1v) is 8.01. The van der Waals surface area contributed by atoms with E-state index in [4.69, 9.17) is 13.9 Å². The number of β-amino-alcohol motifs (C(OH)–C–C–N with tert-alkyl or cyclic N) is 1. The summed E-state index contributed by atoms with van der Waals surface area (Å²) in [5, 5.41) is 10.2. The van der Waals surface area contributed by atoms with E-state index in [-0.39, 0.29) is 6.61 Å². The average Bonchev–Trinajstić information content (AvgIpc) is 2.92. The van der Waals surface area contributed by atoms with Crippen LogP contribution in [0.3, 0.4) is 0 Å². The Morgan fingerprint density at radius 3 is 3.08 bits per heavy atom. The number of nitrogens with zero attached hydrogens (tertiary/aromatic N) is 2. The topological polar surface area (TPSA) is 68.0 Å². The van der Waals surface area contributed by atoms with Crippen LogP contribution >= 0.6 is 0 Å². The number of oxazole rings is 1. The maximum Gasteiger partial charge on any atom is 0.192 e. The molecule has 1 aliphatic heterocycles. The minimum absolute atomic E-state index is 0.0886. The Balaban J connectivity index is 1.64. The number of piperidine rings is 1. The van der Waals surface area contributed by atoms with Crippen molar-refractivity contribution < 1.29 is 23.4 Å². The van der Waals surface area contributed by atoms with Gasteiger partial charge in [-0.05, 0) is 19.4 Å². The minimum Gasteiger partial charge on any atom is -0.496 e. The molecule has 24 heavy (non-hydrogen) atoms. The van der Waals surface area contributed by atoms with Crippen LogP contribution in [0.2, 0.25) is 0 Å². The lowest BCUT2D eigenvalue weighted by Crippen LogP contribution is -2.42. The summed E-state index contributed by atoms with van der Waals surface area (Å²) in [5.41, 5.74) is 1.17. The summed E-state index contributed by atoms with van der Waals surface area (Å²) in [5.74, 6) is 1.62. The van der Waals surface area contributed by atoms with Crippen molar-refractivity contribution >= 4 is 11.1 Å². The number of aromatic nitrogens is 1. The van der Waals surface area contributed by atoms with Gasteiger partial charge in [-0.2, -0.15) is 0 Å². The number of alkyl halides is 1. The molecule has 0 saturated carbocycles. The van der Waals surface area contributed by atoms with Crippen molar-refractivity contribution in [1.82, 2.24) is 9.88 Å². The molecule has 1 fully saturated rings. The van der Waals surface area contributed by atoms with Crippen LogP contribution in [-0.2, 0) is 0 Å². The molecule has 2 heterocycles. The zero-order valence-corrected chi connectivity index (χ0v) is 13.9.